The van der Waals surface area contributed by atoms with Gasteiger partial charge in [-0.1, -0.05) is 0 Å². The summed E-state index contributed by atoms with van der Waals surface area (Å²) in [5.41, 5.74) is 0.542. The zero-order chi connectivity index (χ0) is 21.6. The van der Waals surface area contributed by atoms with E-state index in [0.717, 1.165) is 21.5 Å². The summed E-state index contributed by atoms with van der Waals surface area (Å²) in [6.45, 7) is 0. The van der Waals surface area contributed by atoms with Crippen LogP contribution in [0.2, 0.25) is 0 Å². The van der Waals surface area contributed by atoms with Gasteiger partial charge in [0, 0.05) is 37.7 Å². The number of aromatic nitrogens is 5. The number of fused-ring (bicyclic) bond motifs is 1. The molecule has 1 aliphatic rings. The second-order valence-corrected chi connectivity index (χ2v) is 8.43. The number of ether oxygens (including phenoxy) is 1. The normalized spacial score (nSPS) is 20.6. The summed E-state index contributed by atoms with van der Waals surface area (Å²) in [6.07, 6.45) is 5.51. The number of aryl methyl sites for hydroxylation is 1. The molecule has 7 nitrogen and oxygen atoms in total. The first kappa shape index (κ1) is 19.8. The van der Waals surface area contributed by atoms with Gasteiger partial charge in [0.1, 0.15) is 23.3 Å². The van der Waals surface area contributed by atoms with Crippen molar-refractivity contribution in [3.63, 3.8) is 0 Å². The van der Waals surface area contributed by atoms with Crippen LogP contribution in [0.25, 0.3) is 16.7 Å². The molecule has 160 valence electrons. The number of pyridine rings is 1. The molecule has 1 fully saturated rings. The van der Waals surface area contributed by atoms with Crippen molar-refractivity contribution in [1.29, 1.82) is 0 Å². The van der Waals surface area contributed by atoms with Crippen LogP contribution in [-0.4, -0.2) is 37.8 Å². The zero-order valence-corrected chi connectivity index (χ0v) is 17.7. The van der Waals surface area contributed by atoms with Gasteiger partial charge in [-0.3, -0.25) is 4.68 Å². The summed E-state index contributed by atoms with van der Waals surface area (Å²) in [6, 6.07) is 7.07. The van der Waals surface area contributed by atoms with Gasteiger partial charge < -0.3 is 9.46 Å². The van der Waals surface area contributed by atoms with Crippen LogP contribution in [0.15, 0.2) is 53.9 Å². The maximum atomic E-state index is 14.8. The van der Waals surface area contributed by atoms with Crippen LogP contribution in [0.4, 0.5) is 14.5 Å². The highest BCUT2D eigenvalue weighted by Crippen LogP contribution is 2.46. The van der Waals surface area contributed by atoms with Crippen LogP contribution in [0.3, 0.4) is 0 Å². The van der Waals surface area contributed by atoms with Crippen molar-refractivity contribution in [1.82, 2.24) is 24.5 Å². The lowest BCUT2D eigenvalue weighted by Crippen LogP contribution is -2.38. The van der Waals surface area contributed by atoms with Gasteiger partial charge in [0.15, 0.2) is 5.82 Å². The Balaban J connectivity index is 1.37. The van der Waals surface area contributed by atoms with Crippen molar-refractivity contribution in [2.75, 3.05) is 11.8 Å². The molecule has 0 amide bonds. The zero-order valence-electron chi connectivity index (χ0n) is 16.9. The Labute approximate surface area is 181 Å². The van der Waals surface area contributed by atoms with E-state index in [1.807, 2.05) is 19.2 Å². The number of nitrogens with zero attached hydrogens (tertiary/aromatic N) is 5. The molecule has 0 radical (unpaired) electrons. The molecule has 0 spiro atoms. The van der Waals surface area contributed by atoms with Gasteiger partial charge in [0.25, 0.3) is 0 Å². The first-order valence-corrected chi connectivity index (χ1v) is 10.5. The third kappa shape index (κ3) is 3.50. The Morgan fingerprint density at radius 1 is 1.23 bits per heavy atom. The quantitative estimate of drug-likeness (QED) is 0.441. The highest BCUT2D eigenvalue weighted by Gasteiger charge is 2.46. The molecule has 0 aliphatic heterocycles. The fourth-order valence-electron chi connectivity index (χ4n) is 3.81. The molecule has 1 aliphatic carbocycles. The minimum absolute atomic E-state index is 0.109. The average Bonchev–Trinajstić information content (AvgIpc) is 3.38. The standard InChI is InChI=1S/C21H20F2N6OS/c1-28-20-13(10-25-28)3-4-17(30-2)19(20)27-31-16-11-26-29(12-16)18-7-14(5-6-24-18)21(23)8-15(22)9-21/h3-7,10-12,15,27H,8-9H2,1-2H3. The van der Waals surface area contributed by atoms with Gasteiger partial charge in [0.05, 0.1) is 29.9 Å². The molecule has 0 saturated heterocycles. The second-order valence-electron chi connectivity index (χ2n) is 7.55. The van der Waals surface area contributed by atoms with E-state index >= 15 is 0 Å². The summed E-state index contributed by atoms with van der Waals surface area (Å²) in [5, 5.41) is 9.64. The first-order valence-electron chi connectivity index (χ1n) is 9.73. The number of halogens is 2. The minimum atomic E-state index is -1.62. The number of nitrogens with one attached hydrogen (secondary N) is 1. The maximum absolute atomic E-state index is 14.8. The number of benzene rings is 1. The fraction of sp³-hybridized carbons (Fsp3) is 0.286. The largest absolute Gasteiger partial charge is 0.494 e. The number of hydrogen-bond acceptors (Lipinski definition) is 6. The molecule has 3 heterocycles. The fourth-order valence-corrected chi connectivity index (χ4v) is 4.48. The summed E-state index contributed by atoms with van der Waals surface area (Å²) >= 11 is 1.37. The van der Waals surface area contributed by atoms with Crippen LogP contribution in [0.5, 0.6) is 5.75 Å². The van der Waals surface area contributed by atoms with Gasteiger partial charge in [-0.15, -0.1) is 0 Å². The third-order valence-corrected chi connectivity index (χ3v) is 6.25. The van der Waals surface area contributed by atoms with E-state index in [1.54, 1.807) is 47.2 Å². The van der Waals surface area contributed by atoms with E-state index in [0.29, 0.717) is 17.1 Å². The van der Waals surface area contributed by atoms with Crippen molar-refractivity contribution in [2.45, 2.75) is 29.6 Å². The second kappa shape index (κ2) is 7.52. The van der Waals surface area contributed by atoms with Crippen LogP contribution in [0, 0.1) is 0 Å². The van der Waals surface area contributed by atoms with E-state index in [9.17, 15) is 8.78 Å². The highest BCUT2D eigenvalue weighted by molar-refractivity contribution is 8.00. The summed E-state index contributed by atoms with van der Waals surface area (Å²) in [7, 11) is 3.49. The predicted molar refractivity (Wildman–Crippen MR) is 115 cm³/mol. The van der Waals surface area contributed by atoms with Crippen LogP contribution in [-0.2, 0) is 12.7 Å². The highest BCUT2D eigenvalue weighted by atomic mass is 32.2. The van der Waals surface area contributed by atoms with E-state index in [1.165, 1.54) is 18.1 Å². The lowest BCUT2D eigenvalue weighted by molar-refractivity contribution is -0.0162. The predicted octanol–water partition coefficient (Wildman–Crippen LogP) is 4.58. The molecule has 3 aromatic heterocycles. The van der Waals surface area contributed by atoms with Crippen molar-refractivity contribution in [3.8, 4) is 11.6 Å². The number of methoxy groups -OCH3 is 1. The number of hydrogen-bond donors (Lipinski definition) is 1. The summed E-state index contributed by atoms with van der Waals surface area (Å²) < 4.78 is 40.2. The smallest absolute Gasteiger partial charge is 0.153 e. The van der Waals surface area contributed by atoms with E-state index in [2.05, 4.69) is 19.9 Å². The molecule has 0 bridgehead atoms. The SMILES string of the molecule is COc1ccc2cnn(C)c2c1NSc1cnn(-c2cc(C3(F)CC(F)C3)ccn2)c1. The molecular formula is C21H20F2N6OS. The van der Waals surface area contributed by atoms with Crippen LogP contribution >= 0.6 is 11.9 Å². The Morgan fingerprint density at radius 2 is 2.06 bits per heavy atom. The van der Waals surface area contributed by atoms with E-state index < -0.39 is 11.8 Å². The van der Waals surface area contributed by atoms with Crippen molar-refractivity contribution in [2.24, 2.45) is 7.05 Å². The van der Waals surface area contributed by atoms with Gasteiger partial charge >= 0.3 is 0 Å². The Hall–Kier alpha value is -3.14. The minimum Gasteiger partial charge on any atom is -0.494 e. The van der Waals surface area contributed by atoms with Gasteiger partial charge in [-0.25, -0.2) is 18.4 Å². The van der Waals surface area contributed by atoms with Crippen molar-refractivity contribution >= 4 is 28.5 Å². The summed E-state index contributed by atoms with van der Waals surface area (Å²) in [4.78, 5) is 5.11. The van der Waals surface area contributed by atoms with E-state index in [4.69, 9.17) is 4.74 Å². The first-order chi connectivity index (χ1) is 15.0. The van der Waals surface area contributed by atoms with Crippen molar-refractivity contribution < 1.29 is 13.5 Å². The van der Waals surface area contributed by atoms with Gasteiger partial charge in [-0.2, -0.15) is 10.2 Å². The van der Waals surface area contributed by atoms with Crippen LogP contribution < -0.4 is 9.46 Å². The Morgan fingerprint density at radius 3 is 2.84 bits per heavy atom. The summed E-state index contributed by atoms with van der Waals surface area (Å²) in [5.74, 6) is 1.18. The third-order valence-electron chi connectivity index (χ3n) is 5.50. The van der Waals surface area contributed by atoms with Crippen LogP contribution in [0.1, 0.15) is 18.4 Å². The van der Waals surface area contributed by atoms with Gasteiger partial charge in [-0.05, 0) is 41.8 Å². The molecule has 10 heteroatoms. The molecule has 1 saturated carbocycles. The number of anilines is 1. The van der Waals surface area contributed by atoms with E-state index in [-0.39, 0.29) is 12.8 Å². The molecule has 5 rings (SSSR count). The lowest BCUT2D eigenvalue weighted by Gasteiger charge is -2.37. The average molecular weight is 442 g/mol. The number of rotatable bonds is 6. The molecule has 0 atom stereocenters. The lowest BCUT2D eigenvalue weighted by atomic mass is 9.75. The molecule has 0 unspecified atom stereocenters. The number of alkyl halides is 2. The molecule has 31 heavy (non-hydrogen) atoms. The molecule has 1 N–H and O–H groups in total. The molecular weight excluding hydrogens is 422 g/mol. The van der Waals surface area contributed by atoms with Gasteiger partial charge in [0.2, 0.25) is 0 Å². The Kier molecular flexibility index (Phi) is 4.81. The maximum Gasteiger partial charge on any atom is 0.153 e. The topological polar surface area (TPSA) is 69.8 Å². The molecule has 4 aromatic rings. The molecule has 1 aromatic carbocycles. The monoisotopic (exact) mass is 442 g/mol. The van der Waals surface area contributed by atoms with Crippen molar-refractivity contribution in [3.05, 3.63) is 54.6 Å². The Bertz CT molecular complexity index is 1250.